The van der Waals surface area contributed by atoms with Crippen molar-refractivity contribution in [1.29, 1.82) is 0 Å². The zero-order valence-corrected chi connectivity index (χ0v) is 21.0. The van der Waals surface area contributed by atoms with Crippen LogP contribution in [0.4, 0.5) is 11.4 Å². The number of aromatic carboxylic acids is 1. The zero-order valence-electron chi connectivity index (χ0n) is 21.0. The standard InChI is InChI=1S/C29H29N5O4/c1-33(25(35)18-34-15-13-30-14-16-34)22-10-8-21(9-11-22)31-27(19-5-3-2-4-6-19)26-23-12-7-20(29(37)38)17-24(23)32-28(26)36/h2-12,17,30,32,36H,13-16,18H2,1H3,(H,37,38). The highest BCUT2D eigenvalue weighted by molar-refractivity contribution is 6.22. The molecule has 0 unspecified atom stereocenters. The Morgan fingerprint density at radius 2 is 1.68 bits per heavy atom. The second-order valence-electron chi connectivity index (χ2n) is 9.24. The molecule has 9 nitrogen and oxygen atoms in total. The monoisotopic (exact) mass is 511 g/mol. The third kappa shape index (κ3) is 5.29. The summed E-state index contributed by atoms with van der Waals surface area (Å²) in [6, 6.07) is 21.5. The lowest BCUT2D eigenvalue weighted by molar-refractivity contribution is -0.119. The quantitative estimate of drug-likeness (QED) is 0.281. The fourth-order valence-electron chi connectivity index (χ4n) is 4.61. The number of aromatic hydroxyl groups is 1. The largest absolute Gasteiger partial charge is 0.494 e. The summed E-state index contributed by atoms with van der Waals surface area (Å²) in [5.41, 5.74) is 3.84. The summed E-state index contributed by atoms with van der Waals surface area (Å²) in [7, 11) is 1.77. The summed E-state index contributed by atoms with van der Waals surface area (Å²) in [5, 5.41) is 24.2. The highest BCUT2D eigenvalue weighted by Crippen LogP contribution is 2.32. The smallest absolute Gasteiger partial charge is 0.335 e. The normalized spacial score (nSPS) is 14.5. The molecule has 0 radical (unpaired) electrons. The minimum absolute atomic E-state index is 0.0255. The van der Waals surface area contributed by atoms with Gasteiger partial charge in [-0.05, 0) is 36.4 Å². The van der Waals surface area contributed by atoms with Gasteiger partial charge in [-0.25, -0.2) is 9.79 Å². The number of carbonyl (C=O) groups is 2. The summed E-state index contributed by atoms with van der Waals surface area (Å²) in [6.45, 7) is 3.86. The Morgan fingerprint density at radius 1 is 0.974 bits per heavy atom. The highest BCUT2D eigenvalue weighted by Gasteiger charge is 2.20. The third-order valence-electron chi connectivity index (χ3n) is 6.73. The number of rotatable bonds is 7. The average molecular weight is 512 g/mol. The number of amides is 1. The van der Waals surface area contributed by atoms with Gasteiger partial charge < -0.3 is 25.4 Å². The molecule has 4 N–H and O–H groups in total. The number of carboxylic acids is 1. The fraction of sp³-hybridized carbons (Fsp3) is 0.207. The average Bonchev–Trinajstić information content (AvgIpc) is 3.27. The summed E-state index contributed by atoms with van der Waals surface area (Å²) in [6.07, 6.45) is 0. The number of hydrogen-bond acceptors (Lipinski definition) is 6. The molecule has 1 fully saturated rings. The van der Waals surface area contributed by atoms with Gasteiger partial charge in [0.05, 0.1) is 29.1 Å². The lowest BCUT2D eigenvalue weighted by Gasteiger charge is -2.28. The van der Waals surface area contributed by atoms with Crippen LogP contribution >= 0.6 is 0 Å². The van der Waals surface area contributed by atoms with E-state index in [1.165, 1.54) is 12.1 Å². The molecule has 1 aliphatic heterocycles. The van der Waals surface area contributed by atoms with Crippen molar-refractivity contribution >= 4 is 39.9 Å². The summed E-state index contributed by atoms with van der Waals surface area (Å²) >= 11 is 0. The Kier molecular flexibility index (Phi) is 7.21. The van der Waals surface area contributed by atoms with Crippen LogP contribution in [-0.4, -0.2) is 77.5 Å². The maximum Gasteiger partial charge on any atom is 0.335 e. The number of aliphatic imine (C=N–C) groups is 1. The second kappa shape index (κ2) is 10.9. The van der Waals surface area contributed by atoms with E-state index in [1.54, 1.807) is 18.0 Å². The first kappa shape index (κ1) is 25.2. The number of piperazine rings is 1. The molecular weight excluding hydrogens is 482 g/mol. The van der Waals surface area contributed by atoms with Crippen LogP contribution in [0.2, 0.25) is 0 Å². The van der Waals surface area contributed by atoms with Gasteiger partial charge in [-0.1, -0.05) is 36.4 Å². The van der Waals surface area contributed by atoms with Gasteiger partial charge in [0.15, 0.2) is 5.88 Å². The van der Waals surface area contributed by atoms with Gasteiger partial charge in [-0.15, -0.1) is 0 Å². The number of aromatic nitrogens is 1. The number of fused-ring (bicyclic) bond motifs is 1. The van der Waals surface area contributed by atoms with E-state index in [0.29, 0.717) is 34.4 Å². The zero-order chi connectivity index (χ0) is 26.6. The van der Waals surface area contributed by atoms with Crippen LogP contribution in [0.15, 0.2) is 77.8 Å². The Hall–Kier alpha value is -4.47. The Bertz CT molecular complexity index is 1490. The second-order valence-corrected chi connectivity index (χ2v) is 9.24. The van der Waals surface area contributed by atoms with Crippen molar-refractivity contribution in [3.8, 4) is 5.88 Å². The summed E-state index contributed by atoms with van der Waals surface area (Å²) < 4.78 is 0. The Morgan fingerprint density at radius 3 is 2.37 bits per heavy atom. The van der Waals surface area contributed by atoms with Gasteiger partial charge in [0.25, 0.3) is 0 Å². The van der Waals surface area contributed by atoms with Gasteiger partial charge in [0, 0.05) is 55.4 Å². The topological polar surface area (TPSA) is 121 Å². The molecule has 3 aromatic carbocycles. The van der Waals surface area contributed by atoms with Crippen LogP contribution in [0.5, 0.6) is 5.88 Å². The van der Waals surface area contributed by atoms with Crippen molar-refractivity contribution in [2.75, 3.05) is 44.7 Å². The lowest BCUT2D eigenvalue weighted by atomic mass is 10.00. The molecule has 1 aromatic heterocycles. The fourth-order valence-corrected chi connectivity index (χ4v) is 4.61. The molecule has 1 amide bonds. The van der Waals surface area contributed by atoms with Crippen LogP contribution in [0.25, 0.3) is 10.9 Å². The van der Waals surface area contributed by atoms with Crippen LogP contribution < -0.4 is 10.2 Å². The van der Waals surface area contributed by atoms with Gasteiger partial charge >= 0.3 is 5.97 Å². The molecule has 1 aliphatic rings. The van der Waals surface area contributed by atoms with Crippen molar-refractivity contribution in [3.05, 3.63) is 89.5 Å². The number of H-pyrrole nitrogens is 1. The SMILES string of the molecule is CN(C(=O)CN1CCNCC1)c1ccc(N=C(c2ccccc2)c2c(O)[nH]c3cc(C(=O)O)ccc23)cc1. The molecular formula is C29H29N5O4. The number of carboxylic acid groups (broad SMARTS) is 1. The molecule has 0 spiro atoms. The molecule has 4 aromatic rings. The molecule has 38 heavy (non-hydrogen) atoms. The highest BCUT2D eigenvalue weighted by atomic mass is 16.4. The first-order chi connectivity index (χ1) is 18.4. The third-order valence-corrected chi connectivity index (χ3v) is 6.73. The van der Waals surface area contributed by atoms with Crippen molar-refractivity contribution in [1.82, 2.24) is 15.2 Å². The Balaban J connectivity index is 1.47. The van der Waals surface area contributed by atoms with Crippen LogP contribution in [0.1, 0.15) is 21.5 Å². The van der Waals surface area contributed by atoms with Crippen molar-refractivity contribution in [2.45, 2.75) is 0 Å². The molecule has 0 atom stereocenters. The minimum Gasteiger partial charge on any atom is -0.494 e. The van der Waals surface area contributed by atoms with E-state index in [0.717, 1.165) is 37.4 Å². The first-order valence-corrected chi connectivity index (χ1v) is 12.4. The maximum absolute atomic E-state index is 12.8. The van der Waals surface area contributed by atoms with Crippen LogP contribution in [0, 0.1) is 0 Å². The van der Waals surface area contributed by atoms with E-state index in [4.69, 9.17) is 4.99 Å². The maximum atomic E-state index is 12.8. The Labute approximate surface area is 220 Å². The molecule has 0 aliphatic carbocycles. The molecule has 9 heteroatoms. The van der Waals surface area contributed by atoms with E-state index in [1.807, 2.05) is 54.6 Å². The van der Waals surface area contributed by atoms with Gasteiger partial charge in [0.2, 0.25) is 5.91 Å². The predicted octanol–water partition coefficient (Wildman–Crippen LogP) is 3.61. The van der Waals surface area contributed by atoms with Crippen LogP contribution in [-0.2, 0) is 4.79 Å². The van der Waals surface area contributed by atoms with E-state index < -0.39 is 5.97 Å². The molecule has 1 saturated heterocycles. The van der Waals surface area contributed by atoms with E-state index in [9.17, 15) is 19.8 Å². The van der Waals surface area contributed by atoms with Crippen molar-refractivity contribution in [3.63, 3.8) is 0 Å². The summed E-state index contributed by atoms with van der Waals surface area (Å²) in [5.74, 6) is -1.12. The van der Waals surface area contributed by atoms with Gasteiger partial charge in [-0.2, -0.15) is 0 Å². The molecule has 0 saturated carbocycles. The number of nitrogens with one attached hydrogen (secondary N) is 2. The number of anilines is 1. The minimum atomic E-state index is -1.05. The predicted molar refractivity (Wildman–Crippen MR) is 148 cm³/mol. The van der Waals surface area contributed by atoms with Crippen molar-refractivity contribution in [2.24, 2.45) is 4.99 Å². The number of benzene rings is 3. The molecule has 2 heterocycles. The lowest BCUT2D eigenvalue weighted by Crippen LogP contribution is -2.47. The van der Waals surface area contributed by atoms with Crippen molar-refractivity contribution < 1.29 is 19.8 Å². The number of likely N-dealkylation sites (N-methyl/N-ethyl adjacent to an activating group) is 1. The van der Waals surface area contributed by atoms with E-state index in [2.05, 4.69) is 15.2 Å². The number of hydrogen-bond donors (Lipinski definition) is 4. The van der Waals surface area contributed by atoms with Crippen LogP contribution in [0.3, 0.4) is 0 Å². The number of carbonyl (C=O) groups excluding carboxylic acids is 1. The first-order valence-electron chi connectivity index (χ1n) is 12.4. The molecule has 5 rings (SSSR count). The van der Waals surface area contributed by atoms with E-state index in [-0.39, 0.29) is 17.4 Å². The summed E-state index contributed by atoms with van der Waals surface area (Å²) in [4.78, 5) is 35.8. The number of aromatic amines is 1. The molecule has 0 bridgehead atoms. The van der Waals surface area contributed by atoms with Gasteiger partial charge in [0.1, 0.15) is 0 Å². The number of nitrogens with zero attached hydrogens (tertiary/aromatic N) is 3. The van der Waals surface area contributed by atoms with Gasteiger partial charge in [-0.3, -0.25) is 9.69 Å². The van der Waals surface area contributed by atoms with E-state index >= 15 is 0 Å². The molecule has 194 valence electrons.